The maximum absolute atomic E-state index is 13.2. The third-order valence-electron chi connectivity index (χ3n) is 7.34. The zero-order valence-electron chi connectivity index (χ0n) is 22.0. The number of aromatic amines is 1. The largest absolute Gasteiger partial charge is 0.472 e. The van der Waals surface area contributed by atoms with Crippen molar-refractivity contribution in [3.63, 3.8) is 0 Å². The van der Waals surface area contributed by atoms with Crippen LogP contribution in [0.2, 0.25) is 0 Å². The minimum absolute atomic E-state index is 0.0161. The van der Waals surface area contributed by atoms with Gasteiger partial charge in [-0.25, -0.2) is 29.1 Å². The standard InChI is InChI=1S/C21H24N8O13P2/c22-8-1-2-23-17-11(8)26-6-28(17)20-14(31)15-10(40-20)4-38-44(35,36)42-16-13(30)9(3-37-43(33,34)41-15)39-21(16)29-7-27-12-18(29)24-5-25-19(12)32/h1-2,5-7,9-10,13-16,20-21,30-31H,3-4H2,(H2,22,23)(H,33,34)(H,35,36)(H,24,25,32)/t9?,10?,13-,14-,15-,16-,20?,21?/m1/s1. The molecule has 3 fully saturated rings. The van der Waals surface area contributed by atoms with Gasteiger partial charge < -0.3 is 40.2 Å². The van der Waals surface area contributed by atoms with Crippen LogP contribution in [0.5, 0.6) is 0 Å². The summed E-state index contributed by atoms with van der Waals surface area (Å²) in [6, 6.07) is 1.51. The van der Waals surface area contributed by atoms with Crippen LogP contribution in [0.25, 0.3) is 22.3 Å². The van der Waals surface area contributed by atoms with Gasteiger partial charge in [-0.3, -0.25) is 32.0 Å². The number of imidazole rings is 2. The fraction of sp³-hybridized carbons (Fsp3) is 0.476. The van der Waals surface area contributed by atoms with Gasteiger partial charge >= 0.3 is 15.6 Å². The van der Waals surface area contributed by atoms with E-state index in [2.05, 4.69) is 24.9 Å². The van der Waals surface area contributed by atoms with Crippen molar-refractivity contribution in [2.45, 2.75) is 49.1 Å². The van der Waals surface area contributed by atoms with E-state index in [1.807, 2.05) is 0 Å². The smallest absolute Gasteiger partial charge is 0.397 e. The Morgan fingerprint density at radius 3 is 2.20 bits per heavy atom. The van der Waals surface area contributed by atoms with E-state index >= 15 is 0 Å². The zero-order valence-corrected chi connectivity index (χ0v) is 23.8. The van der Waals surface area contributed by atoms with E-state index in [-0.39, 0.29) is 16.8 Å². The number of aliphatic hydroxyl groups is 2. The number of rotatable bonds is 2. The molecular formula is C21H24N8O13P2. The highest BCUT2D eigenvalue weighted by atomic mass is 31.2. The molecule has 7 rings (SSSR count). The van der Waals surface area contributed by atoms with Gasteiger partial charge in [0.25, 0.3) is 5.56 Å². The molecule has 3 saturated heterocycles. The Morgan fingerprint density at radius 1 is 0.841 bits per heavy atom. The minimum Gasteiger partial charge on any atom is -0.397 e. The number of phosphoric acid groups is 2. The molecule has 21 nitrogen and oxygen atoms in total. The maximum atomic E-state index is 13.2. The predicted molar refractivity (Wildman–Crippen MR) is 141 cm³/mol. The second-order valence-corrected chi connectivity index (χ2v) is 12.9. The fourth-order valence-corrected chi connectivity index (χ4v) is 7.20. The number of pyridine rings is 1. The number of nitrogens with two attached hydrogens (primary N) is 1. The van der Waals surface area contributed by atoms with Crippen LogP contribution >= 0.6 is 15.6 Å². The number of aromatic nitrogens is 7. The summed E-state index contributed by atoms with van der Waals surface area (Å²) in [7, 11) is -10.1. The molecule has 0 saturated carbocycles. The molecule has 3 aliphatic heterocycles. The van der Waals surface area contributed by atoms with Gasteiger partial charge in [0, 0.05) is 6.20 Å². The number of aliphatic hydroxyl groups excluding tert-OH is 2. The Labute approximate surface area is 244 Å². The molecule has 0 radical (unpaired) electrons. The van der Waals surface area contributed by atoms with E-state index in [1.165, 1.54) is 27.7 Å². The highest BCUT2D eigenvalue weighted by Gasteiger charge is 2.54. The Hall–Kier alpha value is -3.17. The monoisotopic (exact) mass is 658 g/mol. The van der Waals surface area contributed by atoms with E-state index in [1.54, 1.807) is 0 Å². The summed E-state index contributed by atoms with van der Waals surface area (Å²) in [4.78, 5) is 52.1. The molecule has 23 heteroatoms. The Bertz CT molecular complexity index is 1880. The first-order valence-corrected chi connectivity index (χ1v) is 15.9. The number of hydrogen-bond donors (Lipinski definition) is 6. The second kappa shape index (κ2) is 10.7. The lowest BCUT2D eigenvalue weighted by Crippen LogP contribution is -2.36. The number of nitrogen functional groups attached to an aromatic ring is 1. The van der Waals surface area contributed by atoms with Crippen LogP contribution in [-0.2, 0) is 36.7 Å². The summed E-state index contributed by atoms with van der Waals surface area (Å²) in [6.45, 7) is -1.59. The van der Waals surface area contributed by atoms with E-state index in [0.717, 1.165) is 12.7 Å². The first-order valence-electron chi connectivity index (χ1n) is 12.9. The van der Waals surface area contributed by atoms with Gasteiger partial charge in [0.15, 0.2) is 29.3 Å². The summed E-state index contributed by atoms with van der Waals surface area (Å²) in [5, 5.41) is 22.1. The van der Waals surface area contributed by atoms with Crippen molar-refractivity contribution in [3.8, 4) is 0 Å². The van der Waals surface area contributed by atoms with Crippen molar-refractivity contribution in [3.05, 3.63) is 41.6 Å². The lowest BCUT2D eigenvalue weighted by atomic mass is 10.1. The van der Waals surface area contributed by atoms with Crippen LogP contribution in [0, 0.1) is 0 Å². The second-order valence-electron chi connectivity index (χ2n) is 10.1. The van der Waals surface area contributed by atoms with Crippen molar-refractivity contribution in [2.75, 3.05) is 18.9 Å². The van der Waals surface area contributed by atoms with Crippen molar-refractivity contribution in [1.29, 1.82) is 0 Å². The zero-order chi connectivity index (χ0) is 31.0. The maximum Gasteiger partial charge on any atom is 0.472 e. The predicted octanol–water partition coefficient (Wildman–Crippen LogP) is -1.32. The van der Waals surface area contributed by atoms with E-state index in [0.29, 0.717) is 11.2 Å². The Balaban J connectivity index is 1.20. The number of fused-ring (bicyclic) bond motifs is 5. The molecule has 0 amide bonds. The van der Waals surface area contributed by atoms with Gasteiger partial charge in [0.05, 0.1) is 37.9 Å². The molecule has 0 aromatic carbocycles. The fourth-order valence-electron chi connectivity index (χ4n) is 5.30. The molecule has 44 heavy (non-hydrogen) atoms. The molecule has 236 valence electrons. The van der Waals surface area contributed by atoms with Crippen molar-refractivity contribution < 1.29 is 56.7 Å². The third kappa shape index (κ3) is 5.06. The number of ether oxygens (including phenoxy) is 2. The average Bonchev–Trinajstić information content (AvgIpc) is 3.73. The minimum atomic E-state index is -5.07. The summed E-state index contributed by atoms with van der Waals surface area (Å²) in [6.07, 6.45) is -7.44. The molecule has 2 bridgehead atoms. The van der Waals surface area contributed by atoms with Crippen LogP contribution in [-0.4, -0.2) is 104 Å². The molecule has 4 aromatic heterocycles. The summed E-state index contributed by atoms with van der Waals surface area (Å²) in [5.74, 6) is 0. The highest BCUT2D eigenvalue weighted by Crippen LogP contribution is 2.53. The number of hydrogen-bond acceptors (Lipinski definition) is 16. The number of anilines is 1. The third-order valence-corrected chi connectivity index (χ3v) is 9.31. The Morgan fingerprint density at radius 2 is 1.45 bits per heavy atom. The molecule has 0 aliphatic carbocycles. The summed E-state index contributed by atoms with van der Waals surface area (Å²) >= 11 is 0. The van der Waals surface area contributed by atoms with Crippen LogP contribution in [0.1, 0.15) is 12.5 Å². The first-order chi connectivity index (χ1) is 20.9. The normalized spacial score (nSPS) is 38.3. The van der Waals surface area contributed by atoms with Crippen LogP contribution in [0.3, 0.4) is 0 Å². The number of nitrogens with zero attached hydrogens (tertiary/aromatic N) is 6. The van der Waals surface area contributed by atoms with Crippen molar-refractivity contribution in [1.82, 2.24) is 34.1 Å². The topological polar surface area (TPSA) is 291 Å². The first kappa shape index (κ1) is 29.5. The molecule has 3 aliphatic rings. The molecular weight excluding hydrogens is 634 g/mol. The lowest BCUT2D eigenvalue weighted by Gasteiger charge is -2.25. The molecule has 0 spiro atoms. The number of phosphoric ester groups is 2. The number of H-pyrrole nitrogens is 1. The van der Waals surface area contributed by atoms with Crippen LogP contribution < -0.4 is 11.3 Å². The van der Waals surface area contributed by atoms with Crippen LogP contribution in [0.15, 0.2) is 36.0 Å². The van der Waals surface area contributed by atoms with Gasteiger partial charge in [0.2, 0.25) is 0 Å². The van der Waals surface area contributed by atoms with Crippen molar-refractivity contribution in [2.24, 2.45) is 0 Å². The Kier molecular flexibility index (Phi) is 7.20. The van der Waals surface area contributed by atoms with Gasteiger partial charge in [-0.2, -0.15) is 0 Å². The van der Waals surface area contributed by atoms with Gasteiger partial charge in [0.1, 0.15) is 42.1 Å². The van der Waals surface area contributed by atoms with Crippen LogP contribution in [0.4, 0.5) is 5.69 Å². The summed E-state index contributed by atoms with van der Waals surface area (Å²) in [5.41, 5.74) is 6.03. The number of nitrogens with one attached hydrogen (secondary N) is 1. The molecule has 4 aromatic rings. The molecule has 6 unspecified atom stereocenters. The molecule has 7 heterocycles. The lowest BCUT2D eigenvalue weighted by molar-refractivity contribution is -0.0672. The van der Waals surface area contributed by atoms with Crippen molar-refractivity contribution >= 4 is 43.7 Å². The van der Waals surface area contributed by atoms with E-state index in [9.17, 15) is 33.9 Å². The SMILES string of the molecule is Nc1ccnc2c1ncn2C1OC2COP(=O)(O)O[C@H]3C(n4cnc5c(=O)[nH]cnc54)OC(COP(=O)(O)O[C@H]2[C@H]1O)[C@H]3O. The van der Waals surface area contributed by atoms with Gasteiger partial charge in [-0.1, -0.05) is 0 Å². The molecule has 10 atom stereocenters. The quantitative estimate of drug-likeness (QED) is 0.136. The molecule has 7 N–H and O–H groups in total. The highest BCUT2D eigenvalue weighted by molar-refractivity contribution is 7.47. The van der Waals surface area contributed by atoms with Gasteiger partial charge in [-0.05, 0) is 6.07 Å². The van der Waals surface area contributed by atoms with Gasteiger partial charge in [-0.15, -0.1) is 0 Å². The van der Waals surface area contributed by atoms with E-state index < -0.39 is 83.5 Å². The van der Waals surface area contributed by atoms with E-state index in [4.69, 9.17) is 33.3 Å². The summed E-state index contributed by atoms with van der Waals surface area (Å²) < 4.78 is 61.2. The average molecular weight is 658 g/mol.